The molecule has 0 spiro atoms. The average molecular weight is 316 g/mol. The number of thiophene rings is 1. The van der Waals surface area contributed by atoms with Crippen molar-refractivity contribution in [1.29, 1.82) is 0 Å². The van der Waals surface area contributed by atoms with Crippen LogP contribution in [0.25, 0.3) is 0 Å². The molecule has 0 aliphatic carbocycles. The van der Waals surface area contributed by atoms with Gasteiger partial charge in [0.05, 0.1) is 6.42 Å². The summed E-state index contributed by atoms with van der Waals surface area (Å²) in [5, 5.41) is 7.62. The van der Waals surface area contributed by atoms with Crippen LogP contribution in [0.15, 0.2) is 47.8 Å². The molecule has 2 aromatic rings. The Kier molecular flexibility index (Phi) is 5.72. The van der Waals surface area contributed by atoms with Gasteiger partial charge in [0.2, 0.25) is 11.8 Å². The van der Waals surface area contributed by atoms with Gasteiger partial charge in [-0.25, -0.2) is 0 Å². The molecule has 1 heterocycles. The summed E-state index contributed by atoms with van der Waals surface area (Å²) in [5.41, 5.74) is 0.778. The van der Waals surface area contributed by atoms with Crippen LogP contribution in [0.2, 0.25) is 0 Å². The molecule has 5 heteroatoms. The predicted octanol–water partition coefficient (Wildman–Crippen LogP) is 2.67. The Morgan fingerprint density at radius 3 is 2.36 bits per heavy atom. The molecule has 0 unspecified atom stereocenters. The Morgan fingerprint density at radius 2 is 1.77 bits per heavy atom. The van der Waals surface area contributed by atoms with Crippen LogP contribution in [0.4, 0.5) is 0 Å². The van der Waals surface area contributed by atoms with E-state index in [4.69, 9.17) is 0 Å². The van der Waals surface area contributed by atoms with Crippen LogP contribution in [0.5, 0.6) is 0 Å². The fraction of sp³-hybridized carbons (Fsp3) is 0.294. The standard InChI is InChI=1S/C17H20N2O2S/c1-12(2)18-17(21)16(13-7-4-3-5-8-13)19-15(20)11-14-9-6-10-22-14/h3-10,12,16H,11H2,1-2H3,(H,18,21)(H,19,20)/t16-/m0/s1. The highest BCUT2D eigenvalue weighted by atomic mass is 32.1. The lowest BCUT2D eigenvalue weighted by Crippen LogP contribution is -2.43. The molecule has 22 heavy (non-hydrogen) atoms. The smallest absolute Gasteiger partial charge is 0.247 e. The van der Waals surface area contributed by atoms with E-state index >= 15 is 0 Å². The van der Waals surface area contributed by atoms with Gasteiger partial charge in [-0.3, -0.25) is 9.59 Å². The van der Waals surface area contributed by atoms with Crippen molar-refractivity contribution in [2.45, 2.75) is 32.4 Å². The molecular weight excluding hydrogens is 296 g/mol. The summed E-state index contributed by atoms with van der Waals surface area (Å²) >= 11 is 1.53. The van der Waals surface area contributed by atoms with Crippen molar-refractivity contribution in [3.05, 3.63) is 58.3 Å². The minimum atomic E-state index is -0.670. The van der Waals surface area contributed by atoms with E-state index in [0.29, 0.717) is 0 Å². The molecule has 0 aliphatic rings. The van der Waals surface area contributed by atoms with Crippen LogP contribution in [0.3, 0.4) is 0 Å². The van der Waals surface area contributed by atoms with E-state index in [9.17, 15) is 9.59 Å². The van der Waals surface area contributed by atoms with E-state index in [1.54, 1.807) is 0 Å². The molecule has 2 rings (SSSR count). The zero-order valence-electron chi connectivity index (χ0n) is 12.7. The third kappa shape index (κ3) is 4.70. The molecule has 4 nitrogen and oxygen atoms in total. The number of benzene rings is 1. The first kappa shape index (κ1) is 16.2. The summed E-state index contributed by atoms with van der Waals surface area (Å²) in [5.74, 6) is -0.351. The number of hydrogen-bond donors (Lipinski definition) is 2. The van der Waals surface area contributed by atoms with Crippen molar-refractivity contribution in [2.75, 3.05) is 0 Å². The van der Waals surface area contributed by atoms with Crippen LogP contribution in [-0.2, 0) is 16.0 Å². The first-order valence-corrected chi connectivity index (χ1v) is 8.11. The molecule has 116 valence electrons. The molecule has 0 radical (unpaired) electrons. The highest BCUT2D eigenvalue weighted by molar-refractivity contribution is 7.10. The molecule has 1 atom stereocenters. The van der Waals surface area contributed by atoms with Crippen LogP contribution < -0.4 is 10.6 Å². The fourth-order valence-electron chi connectivity index (χ4n) is 2.10. The Bertz CT molecular complexity index is 609. The predicted molar refractivity (Wildman–Crippen MR) is 88.6 cm³/mol. The van der Waals surface area contributed by atoms with Crippen LogP contribution in [0, 0.1) is 0 Å². The van der Waals surface area contributed by atoms with Gasteiger partial charge in [0.15, 0.2) is 0 Å². The van der Waals surface area contributed by atoms with Crippen LogP contribution in [-0.4, -0.2) is 17.9 Å². The van der Waals surface area contributed by atoms with Crippen LogP contribution in [0.1, 0.15) is 30.3 Å². The number of amides is 2. The van der Waals surface area contributed by atoms with E-state index in [2.05, 4.69) is 10.6 Å². The average Bonchev–Trinajstić information content (AvgIpc) is 2.97. The molecule has 2 N–H and O–H groups in total. The number of carbonyl (C=O) groups excluding carboxylic acids is 2. The van der Waals surface area contributed by atoms with Gasteiger partial charge in [-0.2, -0.15) is 0 Å². The van der Waals surface area contributed by atoms with Crippen molar-refractivity contribution in [1.82, 2.24) is 10.6 Å². The lowest BCUT2D eigenvalue weighted by Gasteiger charge is -2.20. The van der Waals surface area contributed by atoms with E-state index in [-0.39, 0.29) is 24.3 Å². The number of hydrogen-bond acceptors (Lipinski definition) is 3. The summed E-state index contributed by atoms with van der Waals surface area (Å²) < 4.78 is 0. The maximum absolute atomic E-state index is 12.4. The topological polar surface area (TPSA) is 58.2 Å². The highest BCUT2D eigenvalue weighted by Crippen LogP contribution is 2.15. The normalized spacial score (nSPS) is 12.0. The maximum Gasteiger partial charge on any atom is 0.247 e. The maximum atomic E-state index is 12.4. The summed E-state index contributed by atoms with van der Waals surface area (Å²) in [4.78, 5) is 25.5. The molecule has 1 aromatic carbocycles. The summed E-state index contributed by atoms with van der Waals surface area (Å²) in [6.07, 6.45) is 0.288. The lowest BCUT2D eigenvalue weighted by atomic mass is 10.1. The lowest BCUT2D eigenvalue weighted by molar-refractivity contribution is -0.129. The van der Waals surface area contributed by atoms with E-state index in [1.807, 2.05) is 61.7 Å². The second-order valence-corrected chi connectivity index (χ2v) is 6.36. The third-order valence-corrected chi connectivity index (χ3v) is 3.92. The molecule has 0 saturated carbocycles. The summed E-state index contributed by atoms with van der Waals surface area (Å²) in [7, 11) is 0. The largest absolute Gasteiger partial charge is 0.352 e. The molecule has 1 aromatic heterocycles. The van der Waals surface area contributed by atoms with Crippen molar-refractivity contribution < 1.29 is 9.59 Å². The highest BCUT2D eigenvalue weighted by Gasteiger charge is 2.23. The quantitative estimate of drug-likeness (QED) is 0.861. The monoisotopic (exact) mass is 316 g/mol. The minimum absolute atomic E-state index is 0.0212. The second kappa shape index (κ2) is 7.75. The van der Waals surface area contributed by atoms with Crippen molar-refractivity contribution in [3.63, 3.8) is 0 Å². The number of carbonyl (C=O) groups is 2. The number of nitrogens with one attached hydrogen (secondary N) is 2. The molecular formula is C17H20N2O2S. The third-order valence-electron chi connectivity index (χ3n) is 3.05. The zero-order chi connectivity index (χ0) is 15.9. The van der Waals surface area contributed by atoms with Gasteiger partial charge in [-0.15, -0.1) is 11.3 Å². The fourth-order valence-corrected chi connectivity index (χ4v) is 2.80. The zero-order valence-corrected chi connectivity index (χ0v) is 13.5. The van der Waals surface area contributed by atoms with Gasteiger partial charge in [0, 0.05) is 10.9 Å². The number of rotatable bonds is 6. The summed E-state index contributed by atoms with van der Waals surface area (Å²) in [6.45, 7) is 3.79. The summed E-state index contributed by atoms with van der Waals surface area (Å²) in [6, 6.07) is 12.5. The molecule has 0 bridgehead atoms. The first-order chi connectivity index (χ1) is 10.6. The molecule has 0 fully saturated rings. The molecule has 0 aliphatic heterocycles. The van der Waals surface area contributed by atoms with E-state index in [1.165, 1.54) is 11.3 Å². The Balaban J connectivity index is 2.10. The van der Waals surface area contributed by atoms with Gasteiger partial charge in [0.1, 0.15) is 6.04 Å². The Labute approximate surface area is 134 Å². The molecule has 0 saturated heterocycles. The van der Waals surface area contributed by atoms with Gasteiger partial charge in [-0.05, 0) is 30.9 Å². The van der Waals surface area contributed by atoms with E-state index in [0.717, 1.165) is 10.4 Å². The minimum Gasteiger partial charge on any atom is -0.352 e. The van der Waals surface area contributed by atoms with E-state index < -0.39 is 6.04 Å². The first-order valence-electron chi connectivity index (χ1n) is 7.23. The second-order valence-electron chi connectivity index (χ2n) is 5.33. The Hall–Kier alpha value is -2.14. The molecule has 2 amide bonds. The SMILES string of the molecule is CC(C)NC(=O)[C@@H](NC(=O)Cc1cccs1)c1ccccc1. The van der Waals surface area contributed by atoms with Gasteiger partial charge in [-0.1, -0.05) is 36.4 Å². The van der Waals surface area contributed by atoms with Gasteiger partial charge < -0.3 is 10.6 Å². The van der Waals surface area contributed by atoms with Crippen molar-refractivity contribution in [3.8, 4) is 0 Å². The van der Waals surface area contributed by atoms with Crippen molar-refractivity contribution in [2.24, 2.45) is 0 Å². The van der Waals surface area contributed by atoms with Gasteiger partial charge >= 0.3 is 0 Å². The van der Waals surface area contributed by atoms with Crippen LogP contribution >= 0.6 is 11.3 Å². The Morgan fingerprint density at radius 1 is 1.05 bits per heavy atom. The van der Waals surface area contributed by atoms with Gasteiger partial charge in [0.25, 0.3) is 0 Å². The van der Waals surface area contributed by atoms with Crippen molar-refractivity contribution >= 4 is 23.2 Å².